The van der Waals surface area contributed by atoms with Gasteiger partial charge in [-0.2, -0.15) is 5.10 Å². The van der Waals surface area contributed by atoms with Crippen LogP contribution in [-0.2, 0) is 9.59 Å². The number of amides is 2. The van der Waals surface area contributed by atoms with E-state index in [0.29, 0.717) is 16.7 Å². The van der Waals surface area contributed by atoms with Crippen LogP contribution in [0.3, 0.4) is 0 Å². The Balaban J connectivity index is 1.52. The van der Waals surface area contributed by atoms with Crippen molar-refractivity contribution in [1.82, 2.24) is 5.43 Å². The van der Waals surface area contributed by atoms with Crippen molar-refractivity contribution in [1.29, 1.82) is 0 Å². The summed E-state index contributed by atoms with van der Waals surface area (Å²) in [6.45, 7) is 1.96. The lowest BCUT2D eigenvalue weighted by molar-refractivity contribution is -0.124. The first-order valence-corrected chi connectivity index (χ1v) is 9.61. The maximum absolute atomic E-state index is 12.4. The zero-order valence-corrected chi connectivity index (χ0v) is 17.2. The molecular weight excluding hydrogens is 438 g/mol. The summed E-state index contributed by atoms with van der Waals surface area (Å²) >= 11 is 3.31. The van der Waals surface area contributed by atoms with Crippen LogP contribution in [0.1, 0.15) is 24.0 Å². The van der Waals surface area contributed by atoms with Gasteiger partial charge in [0.15, 0.2) is 0 Å². The van der Waals surface area contributed by atoms with Crippen molar-refractivity contribution in [3.8, 4) is 0 Å². The third-order valence-corrected chi connectivity index (χ3v) is 4.56. The van der Waals surface area contributed by atoms with Crippen LogP contribution in [0.2, 0.25) is 0 Å². The van der Waals surface area contributed by atoms with E-state index in [2.05, 4.69) is 31.8 Å². The SMILES string of the molecule is Cc1ccc(NC(=O)CCC(=O)N/N=C/c2coc3ccc(Br)cc3c2=O)cc1. The van der Waals surface area contributed by atoms with Gasteiger partial charge < -0.3 is 9.73 Å². The molecule has 2 amide bonds. The molecule has 0 spiro atoms. The Morgan fingerprint density at radius 1 is 1.10 bits per heavy atom. The quantitative estimate of drug-likeness (QED) is 0.436. The molecule has 3 aromatic rings. The number of nitrogens with zero attached hydrogens (tertiary/aromatic N) is 1. The van der Waals surface area contributed by atoms with Crippen molar-refractivity contribution in [3.63, 3.8) is 0 Å². The molecule has 0 aliphatic carbocycles. The van der Waals surface area contributed by atoms with E-state index in [1.807, 2.05) is 19.1 Å². The maximum Gasteiger partial charge on any atom is 0.240 e. The largest absolute Gasteiger partial charge is 0.463 e. The normalized spacial score (nSPS) is 11.0. The Hall–Kier alpha value is -3.26. The average molecular weight is 456 g/mol. The Bertz CT molecular complexity index is 1140. The molecule has 0 aliphatic heterocycles. The molecule has 2 aromatic carbocycles. The molecule has 0 bridgehead atoms. The average Bonchev–Trinajstić information content (AvgIpc) is 2.70. The van der Waals surface area contributed by atoms with Gasteiger partial charge in [0.2, 0.25) is 17.2 Å². The zero-order valence-electron chi connectivity index (χ0n) is 15.6. The summed E-state index contributed by atoms with van der Waals surface area (Å²) in [7, 11) is 0. The minimum atomic E-state index is -0.437. The van der Waals surface area contributed by atoms with Crippen molar-refractivity contribution in [3.05, 3.63) is 74.6 Å². The van der Waals surface area contributed by atoms with Gasteiger partial charge in [-0.25, -0.2) is 5.43 Å². The number of hydrogen-bond acceptors (Lipinski definition) is 5. The maximum atomic E-state index is 12.4. The number of aryl methyl sites for hydroxylation is 1. The molecule has 0 unspecified atom stereocenters. The second-order valence-electron chi connectivity index (χ2n) is 6.37. The van der Waals surface area contributed by atoms with Gasteiger partial charge in [0.25, 0.3) is 0 Å². The van der Waals surface area contributed by atoms with E-state index in [9.17, 15) is 14.4 Å². The van der Waals surface area contributed by atoms with Gasteiger partial charge in [-0.1, -0.05) is 33.6 Å². The first kappa shape index (κ1) is 20.5. The summed E-state index contributed by atoms with van der Waals surface area (Å²) in [5, 5.41) is 6.90. The van der Waals surface area contributed by atoms with Crippen LogP contribution in [0.15, 0.2) is 67.5 Å². The molecule has 0 saturated carbocycles. The van der Waals surface area contributed by atoms with Crippen LogP contribution in [0.25, 0.3) is 11.0 Å². The number of carbonyl (C=O) groups is 2. The van der Waals surface area contributed by atoms with Crippen molar-refractivity contribution in [2.45, 2.75) is 19.8 Å². The Kier molecular flexibility index (Phi) is 6.56. The smallest absolute Gasteiger partial charge is 0.240 e. The molecular formula is C21H18BrN3O4. The van der Waals surface area contributed by atoms with E-state index in [0.717, 1.165) is 10.0 Å². The lowest BCUT2D eigenvalue weighted by atomic mass is 10.2. The predicted octanol–water partition coefficient (Wildman–Crippen LogP) is 3.73. The molecule has 7 nitrogen and oxygen atoms in total. The van der Waals surface area contributed by atoms with E-state index >= 15 is 0 Å². The van der Waals surface area contributed by atoms with Crippen molar-refractivity contribution in [2.75, 3.05) is 5.32 Å². The van der Waals surface area contributed by atoms with Crippen LogP contribution < -0.4 is 16.2 Å². The molecule has 0 saturated heterocycles. The van der Waals surface area contributed by atoms with Crippen LogP contribution in [0.5, 0.6) is 0 Å². The van der Waals surface area contributed by atoms with Gasteiger partial charge in [0.1, 0.15) is 11.8 Å². The molecule has 29 heavy (non-hydrogen) atoms. The highest BCUT2D eigenvalue weighted by atomic mass is 79.9. The Morgan fingerprint density at radius 3 is 2.59 bits per heavy atom. The Labute approximate surface area is 174 Å². The number of hydrazone groups is 1. The summed E-state index contributed by atoms with van der Waals surface area (Å²) in [6.07, 6.45) is 2.48. The molecule has 0 aliphatic rings. The third kappa shape index (κ3) is 5.61. The highest BCUT2D eigenvalue weighted by molar-refractivity contribution is 9.10. The Morgan fingerprint density at radius 2 is 1.83 bits per heavy atom. The molecule has 1 heterocycles. The summed E-state index contributed by atoms with van der Waals surface area (Å²) in [5.74, 6) is -0.707. The number of anilines is 1. The number of hydrogen-bond donors (Lipinski definition) is 2. The second kappa shape index (κ2) is 9.29. The lowest BCUT2D eigenvalue weighted by Gasteiger charge is -2.05. The number of carbonyl (C=O) groups excluding carboxylic acids is 2. The third-order valence-electron chi connectivity index (χ3n) is 4.07. The fourth-order valence-electron chi connectivity index (χ4n) is 2.52. The van der Waals surface area contributed by atoms with E-state index in [1.54, 1.807) is 30.3 Å². The van der Waals surface area contributed by atoms with Crippen molar-refractivity contribution >= 4 is 50.6 Å². The summed E-state index contributed by atoms with van der Waals surface area (Å²) in [6, 6.07) is 12.5. The standard InChI is InChI=1S/C21H18BrN3O4/c1-13-2-5-16(6-3-13)24-19(26)8-9-20(27)25-23-11-14-12-29-18-7-4-15(22)10-17(18)21(14)28/h2-7,10-12H,8-9H2,1H3,(H,24,26)(H,25,27)/b23-11+. The minimum absolute atomic E-state index is 0.0152. The number of halogens is 1. The number of rotatable bonds is 6. The van der Waals surface area contributed by atoms with Gasteiger partial charge in [0.05, 0.1) is 17.2 Å². The molecule has 0 atom stereocenters. The van der Waals surface area contributed by atoms with Crippen LogP contribution >= 0.6 is 15.9 Å². The van der Waals surface area contributed by atoms with Crippen LogP contribution in [-0.4, -0.2) is 18.0 Å². The van der Waals surface area contributed by atoms with E-state index < -0.39 is 5.91 Å². The number of fused-ring (bicyclic) bond motifs is 1. The highest BCUT2D eigenvalue weighted by Crippen LogP contribution is 2.17. The first-order valence-electron chi connectivity index (χ1n) is 8.82. The fraction of sp³-hybridized carbons (Fsp3) is 0.143. The second-order valence-corrected chi connectivity index (χ2v) is 7.28. The predicted molar refractivity (Wildman–Crippen MR) is 115 cm³/mol. The van der Waals surface area contributed by atoms with Crippen LogP contribution in [0.4, 0.5) is 5.69 Å². The van der Waals surface area contributed by atoms with E-state index in [1.165, 1.54) is 12.5 Å². The van der Waals surface area contributed by atoms with Gasteiger partial charge >= 0.3 is 0 Å². The summed E-state index contributed by atoms with van der Waals surface area (Å²) in [4.78, 5) is 36.2. The summed E-state index contributed by atoms with van der Waals surface area (Å²) < 4.78 is 6.15. The monoisotopic (exact) mass is 455 g/mol. The number of nitrogens with one attached hydrogen (secondary N) is 2. The highest BCUT2D eigenvalue weighted by Gasteiger charge is 2.08. The van der Waals surface area contributed by atoms with E-state index in [4.69, 9.17) is 4.42 Å². The molecule has 1 aromatic heterocycles. The molecule has 148 valence electrons. The molecule has 0 fully saturated rings. The fourth-order valence-corrected chi connectivity index (χ4v) is 2.89. The lowest BCUT2D eigenvalue weighted by Crippen LogP contribution is -2.21. The van der Waals surface area contributed by atoms with Gasteiger partial charge in [-0.05, 0) is 37.3 Å². The van der Waals surface area contributed by atoms with Crippen LogP contribution in [0, 0.1) is 6.92 Å². The number of benzene rings is 2. The van der Waals surface area contributed by atoms with Crippen molar-refractivity contribution in [2.24, 2.45) is 5.10 Å². The molecule has 0 radical (unpaired) electrons. The molecule has 2 N–H and O–H groups in total. The van der Waals surface area contributed by atoms with Crippen molar-refractivity contribution < 1.29 is 14.0 Å². The minimum Gasteiger partial charge on any atom is -0.463 e. The molecule has 8 heteroatoms. The topological polar surface area (TPSA) is 101 Å². The van der Waals surface area contributed by atoms with Gasteiger partial charge in [-0.3, -0.25) is 14.4 Å². The first-order chi connectivity index (χ1) is 13.9. The zero-order chi connectivity index (χ0) is 20.8. The van der Waals surface area contributed by atoms with Gasteiger partial charge in [-0.15, -0.1) is 0 Å². The van der Waals surface area contributed by atoms with Gasteiger partial charge in [0, 0.05) is 23.0 Å². The van der Waals surface area contributed by atoms with E-state index in [-0.39, 0.29) is 29.7 Å². The summed E-state index contributed by atoms with van der Waals surface area (Å²) in [5.41, 5.74) is 4.47. The molecule has 3 rings (SSSR count).